The molecule has 0 aromatic rings. The van der Waals surface area contributed by atoms with Gasteiger partial charge in [0.15, 0.2) is 6.10 Å². The molecular weight excluding hydrogens is 913 g/mol. The molecule has 0 spiro atoms. The first-order valence-corrected chi connectivity index (χ1v) is 31.9. The minimum absolute atomic E-state index is 0.0950. The molecular formula is C68H120O6. The van der Waals surface area contributed by atoms with Crippen molar-refractivity contribution in [1.29, 1.82) is 0 Å². The Labute approximate surface area is 459 Å². The first-order valence-electron chi connectivity index (χ1n) is 31.9. The third-order valence-electron chi connectivity index (χ3n) is 13.9. The number of ether oxygens (including phenoxy) is 3. The minimum atomic E-state index is -0.805. The predicted octanol–water partition coefficient (Wildman–Crippen LogP) is 21.7. The molecule has 1 unspecified atom stereocenters. The van der Waals surface area contributed by atoms with E-state index in [1.165, 1.54) is 199 Å². The smallest absolute Gasteiger partial charge is 0.306 e. The molecule has 0 radical (unpaired) electrons. The van der Waals surface area contributed by atoms with E-state index >= 15 is 0 Å². The molecule has 0 rings (SSSR count). The van der Waals surface area contributed by atoms with Gasteiger partial charge in [0, 0.05) is 19.3 Å². The van der Waals surface area contributed by atoms with Crippen LogP contribution in [0.15, 0.2) is 72.9 Å². The molecule has 0 aliphatic carbocycles. The van der Waals surface area contributed by atoms with Crippen LogP contribution in [0.5, 0.6) is 0 Å². The monoisotopic (exact) mass is 1030 g/mol. The second-order valence-electron chi connectivity index (χ2n) is 21.3. The topological polar surface area (TPSA) is 78.9 Å². The van der Waals surface area contributed by atoms with Crippen LogP contribution in [0, 0.1) is 0 Å². The maximum atomic E-state index is 12.9. The molecule has 0 N–H and O–H groups in total. The van der Waals surface area contributed by atoms with E-state index in [9.17, 15) is 14.4 Å². The molecule has 0 saturated heterocycles. The highest BCUT2D eigenvalue weighted by Crippen LogP contribution is 2.17. The summed E-state index contributed by atoms with van der Waals surface area (Å²) in [5, 5.41) is 0. The lowest BCUT2D eigenvalue weighted by Gasteiger charge is -2.18. The summed E-state index contributed by atoms with van der Waals surface area (Å²) in [5.41, 5.74) is 0. The number of rotatable bonds is 58. The summed E-state index contributed by atoms with van der Waals surface area (Å²) in [5.74, 6) is -0.939. The number of hydrogen-bond donors (Lipinski definition) is 0. The van der Waals surface area contributed by atoms with E-state index in [1.807, 2.05) is 0 Å². The number of hydrogen-bond acceptors (Lipinski definition) is 6. The fourth-order valence-electron chi connectivity index (χ4n) is 9.18. The van der Waals surface area contributed by atoms with Crippen molar-refractivity contribution in [3.63, 3.8) is 0 Å². The number of carbonyl (C=O) groups is 3. The number of carbonyl (C=O) groups excluding carboxylic acids is 3. The number of unbranched alkanes of at least 4 members (excludes halogenated alkanes) is 35. The zero-order valence-corrected chi connectivity index (χ0v) is 49.1. The van der Waals surface area contributed by atoms with E-state index in [2.05, 4.69) is 93.7 Å². The van der Waals surface area contributed by atoms with Crippen LogP contribution in [0.25, 0.3) is 0 Å². The van der Waals surface area contributed by atoms with Crippen LogP contribution in [0.3, 0.4) is 0 Å². The number of esters is 3. The van der Waals surface area contributed by atoms with Crippen LogP contribution in [-0.4, -0.2) is 37.2 Å². The lowest BCUT2D eigenvalue weighted by molar-refractivity contribution is -0.167. The maximum Gasteiger partial charge on any atom is 0.306 e. The Morgan fingerprint density at radius 3 is 0.878 bits per heavy atom. The third kappa shape index (κ3) is 59.7. The minimum Gasteiger partial charge on any atom is -0.462 e. The van der Waals surface area contributed by atoms with Crippen molar-refractivity contribution in [2.45, 2.75) is 329 Å². The van der Waals surface area contributed by atoms with Gasteiger partial charge >= 0.3 is 17.9 Å². The van der Waals surface area contributed by atoms with Crippen LogP contribution < -0.4 is 0 Å². The van der Waals surface area contributed by atoms with Gasteiger partial charge in [0.25, 0.3) is 0 Å². The van der Waals surface area contributed by atoms with Crippen molar-refractivity contribution >= 4 is 17.9 Å². The van der Waals surface area contributed by atoms with E-state index in [1.54, 1.807) is 0 Å². The van der Waals surface area contributed by atoms with Crippen molar-refractivity contribution in [3.05, 3.63) is 72.9 Å². The van der Waals surface area contributed by atoms with E-state index in [0.717, 1.165) is 77.0 Å². The Morgan fingerprint density at radius 2 is 0.541 bits per heavy atom. The molecule has 6 heteroatoms. The van der Waals surface area contributed by atoms with E-state index in [-0.39, 0.29) is 37.5 Å². The average molecular weight is 1030 g/mol. The summed E-state index contributed by atoms with van der Waals surface area (Å²) in [6.07, 6.45) is 80.6. The fraction of sp³-hybridized carbons (Fsp3) is 0.779. The van der Waals surface area contributed by atoms with Gasteiger partial charge in [-0.05, 0) is 83.5 Å². The molecule has 0 aliphatic heterocycles. The SMILES string of the molecule is CC/C=C\C/C=C\C/C=C\C/C=C\C/C=C\CCCC(=O)OC(COC(=O)CCCCCCCCCCCCC/C=C\CCCCCCCCCC)COC(=O)CCCCCCCCCCCCCCCCCC. The Bertz CT molecular complexity index is 1370. The van der Waals surface area contributed by atoms with Crippen molar-refractivity contribution in [2.24, 2.45) is 0 Å². The zero-order chi connectivity index (χ0) is 53.6. The summed E-state index contributed by atoms with van der Waals surface area (Å²) >= 11 is 0. The normalized spacial score (nSPS) is 12.5. The van der Waals surface area contributed by atoms with Crippen molar-refractivity contribution in [2.75, 3.05) is 13.2 Å². The van der Waals surface area contributed by atoms with Crippen molar-refractivity contribution in [3.8, 4) is 0 Å². The zero-order valence-electron chi connectivity index (χ0n) is 49.1. The summed E-state index contributed by atoms with van der Waals surface area (Å²) in [6, 6.07) is 0. The van der Waals surface area contributed by atoms with Gasteiger partial charge in [0.1, 0.15) is 13.2 Å². The van der Waals surface area contributed by atoms with E-state index < -0.39 is 6.10 Å². The Hall–Kier alpha value is -3.15. The summed E-state index contributed by atoms with van der Waals surface area (Å²) in [6.45, 7) is 6.52. The lowest BCUT2D eigenvalue weighted by Crippen LogP contribution is -2.30. The van der Waals surface area contributed by atoms with Gasteiger partial charge < -0.3 is 14.2 Å². The van der Waals surface area contributed by atoms with Gasteiger partial charge in [-0.2, -0.15) is 0 Å². The van der Waals surface area contributed by atoms with Gasteiger partial charge in [-0.3, -0.25) is 14.4 Å². The van der Waals surface area contributed by atoms with Crippen LogP contribution in [-0.2, 0) is 28.6 Å². The molecule has 0 amide bonds. The van der Waals surface area contributed by atoms with E-state index in [0.29, 0.717) is 19.3 Å². The standard InChI is InChI=1S/C68H120O6/c1-4-7-10-13-16-19-22-25-28-31-32-33-34-35-36-38-40-43-46-49-52-55-58-61-67(70)73-64-65(63-72-66(69)60-57-54-51-48-45-42-39-30-27-24-21-18-15-12-9-6-3)74-68(71)62-59-56-53-50-47-44-41-37-29-26-23-20-17-14-11-8-5-2/h8,11,17,20,26,29,31-32,41,44,50,53,65H,4-7,9-10,12-16,18-19,21-25,27-28,30,33-40,42-43,45-49,51-52,54-64H2,1-3H3/b11-8-,20-17-,29-26-,32-31-,44-41-,53-50-. The Balaban J connectivity index is 4.38. The molecule has 0 aromatic carbocycles. The van der Waals surface area contributed by atoms with Gasteiger partial charge in [-0.15, -0.1) is 0 Å². The van der Waals surface area contributed by atoms with Crippen LogP contribution >= 0.6 is 0 Å². The van der Waals surface area contributed by atoms with Gasteiger partial charge in [-0.1, -0.05) is 293 Å². The van der Waals surface area contributed by atoms with E-state index in [4.69, 9.17) is 14.2 Å². The highest BCUT2D eigenvalue weighted by atomic mass is 16.6. The molecule has 0 bridgehead atoms. The first kappa shape index (κ1) is 70.8. The summed E-state index contributed by atoms with van der Waals surface area (Å²) in [7, 11) is 0. The summed E-state index contributed by atoms with van der Waals surface area (Å²) < 4.78 is 16.9. The fourth-order valence-corrected chi connectivity index (χ4v) is 9.18. The van der Waals surface area contributed by atoms with Crippen molar-refractivity contribution < 1.29 is 28.6 Å². The lowest BCUT2D eigenvalue weighted by atomic mass is 10.0. The molecule has 0 fully saturated rings. The molecule has 0 aliphatic rings. The van der Waals surface area contributed by atoms with Gasteiger partial charge in [0.2, 0.25) is 0 Å². The highest BCUT2D eigenvalue weighted by Gasteiger charge is 2.19. The van der Waals surface area contributed by atoms with Crippen LogP contribution in [0.1, 0.15) is 323 Å². The highest BCUT2D eigenvalue weighted by molar-refractivity contribution is 5.71. The maximum absolute atomic E-state index is 12.9. The molecule has 0 heterocycles. The molecule has 74 heavy (non-hydrogen) atoms. The number of allylic oxidation sites excluding steroid dienone is 12. The van der Waals surface area contributed by atoms with Crippen LogP contribution in [0.2, 0.25) is 0 Å². The molecule has 0 saturated carbocycles. The third-order valence-corrected chi connectivity index (χ3v) is 13.9. The Morgan fingerprint density at radius 1 is 0.284 bits per heavy atom. The second-order valence-corrected chi connectivity index (χ2v) is 21.3. The molecule has 428 valence electrons. The first-order chi connectivity index (χ1) is 36.5. The van der Waals surface area contributed by atoms with Gasteiger partial charge in [0.05, 0.1) is 0 Å². The largest absolute Gasteiger partial charge is 0.462 e. The van der Waals surface area contributed by atoms with Crippen LogP contribution in [0.4, 0.5) is 0 Å². The molecule has 1 atom stereocenters. The van der Waals surface area contributed by atoms with Gasteiger partial charge in [-0.25, -0.2) is 0 Å². The molecule has 0 aromatic heterocycles. The predicted molar refractivity (Wildman–Crippen MR) is 321 cm³/mol. The quantitative estimate of drug-likeness (QED) is 0.0261. The average Bonchev–Trinajstić information content (AvgIpc) is 3.40. The second kappa shape index (κ2) is 62.4. The molecule has 6 nitrogen and oxygen atoms in total. The Kier molecular flexibility index (Phi) is 59.7. The van der Waals surface area contributed by atoms with Crippen molar-refractivity contribution in [1.82, 2.24) is 0 Å². The summed E-state index contributed by atoms with van der Waals surface area (Å²) in [4.78, 5) is 38.3.